The molecule has 0 saturated heterocycles. The maximum atomic E-state index is 10.7. The van der Waals surface area contributed by atoms with E-state index in [9.17, 15) is 4.79 Å². The number of nitrogens with one attached hydrogen (secondary N) is 1. The second-order valence-corrected chi connectivity index (χ2v) is 2.23. The van der Waals surface area contributed by atoms with Crippen LogP contribution in [0.2, 0.25) is 0 Å². The Hall–Kier alpha value is -2.02. The summed E-state index contributed by atoms with van der Waals surface area (Å²) in [5.41, 5.74) is 1.39. The Labute approximate surface area is 67.2 Å². The molecule has 1 N–H and O–H groups in total. The quantitative estimate of drug-likeness (QED) is 0.571. The highest BCUT2D eigenvalue weighted by molar-refractivity contribution is 5.68. The molecule has 0 bridgehead atoms. The number of hydrogen-bond acceptors (Lipinski definition) is 3. The number of aromatic amines is 1. The Morgan fingerprint density at radius 3 is 3.25 bits per heavy atom. The molecule has 12 heavy (non-hydrogen) atoms. The molecular formula is C8H4N2O2. The molecule has 0 radical (unpaired) electrons. The molecule has 2 aromatic heterocycles. The molecule has 0 saturated carbocycles. The number of H-pyrrole nitrogens is 1. The summed E-state index contributed by atoms with van der Waals surface area (Å²) in [7, 11) is 0. The summed E-state index contributed by atoms with van der Waals surface area (Å²) < 4.78 is 4.74. The fraction of sp³-hybridized carbons (Fsp3) is 0. The third-order valence-electron chi connectivity index (χ3n) is 1.44. The van der Waals surface area contributed by atoms with Crippen molar-refractivity contribution in [2.75, 3.05) is 0 Å². The van der Waals surface area contributed by atoms with E-state index in [0.717, 1.165) is 0 Å². The van der Waals surface area contributed by atoms with Gasteiger partial charge in [0.05, 0.1) is 0 Å². The number of hydrogen-bond donors (Lipinski definition) is 1. The molecule has 2 rings (SSSR count). The van der Waals surface area contributed by atoms with Crippen molar-refractivity contribution in [1.82, 2.24) is 9.97 Å². The maximum absolute atomic E-state index is 10.7. The van der Waals surface area contributed by atoms with Crippen LogP contribution in [-0.4, -0.2) is 9.97 Å². The van der Waals surface area contributed by atoms with Gasteiger partial charge in [-0.2, -0.15) is 0 Å². The molecule has 2 heterocycles. The number of fused-ring (bicyclic) bond motifs is 1. The predicted molar refractivity (Wildman–Crippen MR) is 42.6 cm³/mol. The normalized spacial score (nSPS) is 9.92. The van der Waals surface area contributed by atoms with Crippen LogP contribution < -0.4 is 5.76 Å². The largest absolute Gasteiger partial charge is 0.418 e. The van der Waals surface area contributed by atoms with Crippen molar-refractivity contribution in [2.24, 2.45) is 0 Å². The minimum Gasteiger partial charge on any atom is -0.406 e. The molecule has 4 heteroatoms. The average molecular weight is 160 g/mol. The molecule has 0 aliphatic rings. The Bertz CT molecular complexity index is 516. The third-order valence-corrected chi connectivity index (χ3v) is 1.44. The van der Waals surface area contributed by atoms with E-state index in [1.807, 2.05) is 0 Å². The number of oxazole rings is 1. The van der Waals surface area contributed by atoms with Crippen molar-refractivity contribution in [1.29, 1.82) is 0 Å². The van der Waals surface area contributed by atoms with Gasteiger partial charge in [-0.3, -0.25) is 4.98 Å². The lowest BCUT2D eigenvalue weighted by molar-refractivity contribution is 0.555. The van der Waals surface area contributed by atoms with Gasteiger partial charge in [0.25, 0.3) is 0 Å². The zero-order chi connectivity index (χ0) is 8.55. The van der Waals surface area contributed by atoms with Gasteiger partial charge in [-0.25, -0.2) is 9.78 Å². The molecule has 0 aromatic carbocycles. The van der Waals surface area contributed by atoms with Gasteiger partial charge in [0.2, 0.25) is 0 Å². The van der Waals surface area contributed by atoms with Crippen LogP contribution in [0.1, 0.15) is 5.56 Å². The van der Waals surface area contributed by atoms with E-state index in [-0.39, 0.29) is 0 Å². The van der Waals surface area contributed by atoms with Gasteiger partial charge in [0.15, 0.2) is 11.2 Å². The summed E-state index contributed by atoms with van der Waals surface area (Å²) in [5, 5.41) is 0. The van der Waals surface area contributed by atoms with Gasteiger partial charge >= 0.3 is 5.76 Å². The molecule has 0 aliphatic heterocycles. The van der Waals surface area contributed by atoms with E-state index < -0.39 is 5.76 Å². The van der Waals surface area contributed by atoms with E-state index in [1.54, 1.807) is 6.07 Å². The van der Waals surface area contributed by atoms with Gasteiger partial charge in [-0.15, -0.1) is 6.42 Å². The number of aromatic nitrogens is 2. The topological polar surface area (TPSA) is 58.9 Å². The lowest BCUT2D eigenvalue weighted by atomic mass is 10.3. The molecular weight excluding hydrogens is 156 g/mol. The van der Waals surface area contributed by atoms with E-state index in [2.05, 4.69) is 15.9 Å². The van der Waals surface area contributed by atoms with E-state index >= 15 is 0 Å². The summed E-state index contributed by atoms with van der Waals surface area (Å²) in [4.78, 5) is 17.0. The van der Waals surface area contributed by atoms with Crippen LogP contribution in [-0.2, 0) is 0 Å². The van der Waals surface area contributed by atoms with E-state index in [0.29, 0.717) is 16.8 Å². The van der Waals surface area contributed by atoms with Crippen molar-refractivity contribution in [3.05, 3.63) is 28.4 Å². The SMILES string of the molecule is C#Cc1cnc2[nH]c(=O)oc2c1. The highest BCUT2D eigenvalue weighted by atomic mass is 16.4. The van der Waals surface area contributed by atoms with Gasteiger partial charge in [0.1, 0.15) is 0 Å². The first-order chi connectivity index (χ1) is 5.79. The molecule has 0 aliphatic carbocycles. The third kappa shape index (κ3) is 0.883. The fourth-order valence-corrected chi connectivity index (χ4v) is 0.917. The molecule has 58 valence electrons. The van der Waals surface area contributed by atoms with Crippen LogP contribution in [0.15, 0.2) is 21.5 Å². The Morgan fingerprint density at radius 2 is 2.50 bits per heavy atom. The summed E-state index contributed by atoms with van der Waals surface area (Å²) in [6, 6.07) is 1.58. The van der Waals surface area contributed by atoms with Gasteiger partial charge < -0.3 is 4.42 Å². The zero-order valence-electron chi connectivity index (χ0n) is 6.00. The zero-order valence-corrected chi connectivity index (χ0v) is 6.00. The second kappa shape index (κ2) is 2.24. The highest BCUT2D eigenvalue weighted by Crippen LogP contribution is 2.07. The van der Waals surface area contributed by atoms with Crippen LogP contribution in [0, 0.1) is 12.3 Å². The number of pyridine rings is 1. The number of nitrogens with zero attached hydrogens (tertiary/aromatic N) is 1. The lowest BCUT2D eigenvalue weighted by Gasteiger charge is -1.86. The van der Waals surface area contributed by atoms with E-state index in [4.69, 9.17) is 10.8 Å². The molecule has 0 unspecified atom stereocenters. The summed E-state index contributed by atoms with van der Waals surface area (Å²) in [6.45, 7) is 0. The first-order valence-corrected chi connectivity index (χ1v) is 3.25. The van der Waals surface area contributed by atoms with Crippen molar-refractivity contribution < 1.29 is 4.42 Å². The first-order valence-electron chi connectivity index (χ1n) is 3.25. The molecule has 4 nitrogen and oxygen atoms in total. The fourth-order valence-electron chi connectivity index (χ4n) is 0.917. The molecule has 0 spiro atoms. The van der Waals surface area contributed by atoms with Gasteiger partial charge in [-0.1, -0.05) is 5.92 Å². The number of rotatable bonds is 0. The predicted octanol–water partition coefficient (Wildman–Crippen LogP) is 0.497. The standard InChI is InChI=1S/C8H4N2O2/c1-2-5-3-6-7(9-4-5)10-8(11)12-6/h1,3-4H,(H,9,10,11). The summed E-state index contributed by atoms with van der Waals surface area (Å²) in [6.07, 6.45) is 6.62. The second-order valence-electron chi connectivity index (χ2n) is 2.23. The molecule has 2 aromatic rings. The maximum Gasteiger partial charge on any atom is 0.418 e. The smallest absolute Gasteiger partial charge is 0.406 e. The van der Waals surface area contributed by atoms with Crippen LogP contribution in [0.4, 0.5) is 0 Å². The average Bonchev–Trinajstić information content (AvgIpc) is 2.43. The summed E-state index contributed by atoms with van der Waals surface area (Å²) in [5.74, 6) is 1.87. The minimum atomic E-state index is -0.522. The number of terminal acetylenes is 1. The van der Waals surface area contributed by atoms with Crippen molar-refractivity contribution in [3.8, 4) is 12.3 Å². The molecule has 0 atom stereocenters. The summed E-state index contributed by atoms with van der Waals surface area (Å²) >= 11 is 0. The van der Waals surface area contributed by atoms with Crippen LogP contribution >= 0.6 is 0 Å². The van der Waals surface area contributed by atoms with Crippen LogP contribution in [0.3, 0.4) is 0 Å². The van der Waals surface area contributed by atoms with E-state index in [1.165, 1.54) is 6.20 Å². The Balaban J connectivity index is 2.85. The Kier molecular flexibility index (Phi) is 1.25. The van der Waals surface area contributed by atoms with Crippen molar-refractivity contribution in [3.63, 3.8) is 0 Å². The van der Waals surface area contributed by atoms with Crippen molar-refractivity contribution in [2.45, 2.75) is 0 Å². The lowest BCUT2D eigenvalue weighted by Crippen LogP contribution is -1.93. The molecule has 0 fully saturated rings. The van der Waals surface area contributed by atoms with Gasteiger partial charge in [0, 0.05) is 17.8 Å². The minimum absolute atomic E-state index is 0.385. The van der Waals surface area contributed by atoms with Crippen LogP contribution in [0.25, 0.3) is 11.2 Å². The first kappa shape index (κ1) is 6.68. The van der Waals surface area contributed by atoms with Crippen molar-refractivity contribution >= 4 is 11.2 Å². The van der Waals surface area contributed by atoms with Crippen LogP contribution in [0.5, 0.6) is 0 Å². The highest BCUT2D eigenvalue weighted by Gasteiger charge is 2.01. The molecule has 0 amide bonds. The monoisotopic (exact) mass is 160 g/mol. The van der Waals surface area contributed by atoms with Gasteiger partial charge in [-0.05, 0) is 0 Å². The Morgan fingerprint density at radius 1 is 1.67 bits per heavy atom.